The Labute approximate surface area is 168 Å². The van der Waals surface area contributed by atoms with Crippen molar-refractivity contribution in [2.45, 2.75) is 40.9 Å². The van der Waals surface area contributed by atoms with E-state index in [4.69, 9.17) is 18.1 Å². The van der Waals surface area contributed by atoms with Crippen molar-refractivity contribution in [3.05, 3.63) is 23.8 Å². The van der Waals surface area contributed by atoms with E-state index < -0.39 is 22.2 Å². The second-order valence-electron chi connectivity index (χ2n) is 5.87. The fourth-order valence-corrected chi connectivity index (χ4v) is 6.71. The maximum Gasteiger partial charge on any atom is 0.373 e. The predicted molar refractivity (Wildman–Crippen MR) is 113 cm³/mol. The molecule has 1 aromatic rings. The minimum absolute atomic E-state index is 0.165. The van der Waals surface area contributed by atoms with Gasteiger partial charge in [0.05, 0.1) is 37.0 Å². The lowest BCUT2D eigenvalue weighted by Gasteiger charge is -2.24. The third kappa shape index (κ3) is 7.08. The minimum atomic E-state index is -3.73. The average molecular weight is 435 g/mol. The number of hydrogen-bond donors (Lipinski definition) is 2. The van der Waals surface area contributed by atoms with Gasteiger partial charge in [-0.05, 0) is 65.2 Å². The van der Waals surface area contributed by atoms with E-state index in [1.54, 1.807) is 52.7 Å². The highest BCUT2D eigenvalue weighted by atomic mass is 31.2. The molecule has 28 heavy (non-hydrogen) atoms. The molecule has 0 aliphatic rings. The van der Waals surface area contributed by atoms with Gasteiger partial charge in [-0.2, -0.15) is 0 Å². The first-order valence-electron chi connectivity index (χ1n) is 9.60. The Morgan fingerprint density at radius 2 is 1.36 bits per heavy atom. The van der Waals surface area contributed by atoms with E-state index in [-0.39, 0.29) is 37.0 Å². The Bertz CT molecular complexity index is 682. The molecule has 0 aliphatic heterocycles. The summed E-state index contributed by atoms with van der Waals surface area (Å²) in [5.74, 6) is 0. The second-order valence-corrected chi connectivity index (χ2v) is 9.86. The van der Waals surface area contributed by atoms with Crippen molar-refractivity contribution < 1.29 is 32.2 Å². The van der Waals surface area contributed by atoms with E-state index in [2.05, 4.69) is 5.23 Å². The maximum atomic E-state index is 13.5. The predicted octanol–water partition coefficient (Wildman–Crippen LogP) is 2.71. The summed E-state index contributed by atoms with van der Waals surface area (Å²) in [5, 5.41) is 12.6. The van der Waals surface area contributed by atoms with Crippen molar-refractivity contribution in [1.82, 2.24) is 5.23 Å². The molecule has 0 radical (unpaired) electrons. The van der Waals surface area contributed by atoms with Crippen LogP contribution in [0.5, 0.6) is 0 Å². The van der Waals surface area contributed by atoms with Gasteiger partial charge in [-0.25, -0.2) is 0 Å². The molecule has 0 aromatic heterocycles. The largest absolute Gasteiger partial charge is 0.437 e. The van der Waals surface area contributed by atoms with Gasteiger partial charge >= 0.3 is 22.2 Å². The van der Waals surface area contributed by atoms with Crippen LogP contribution in [0.2, 0.25) is 6.82 Å². The van der Waals surface area contributed by atoms with Crippen LogP contribution in [-0.4, -0.2) is 45.0 Å². The molecule has 0 fully saturated rings. The van der Waals surface area contributed by atoms with Crippen LogP contribution in [0.15, 0.2) is 18.2 Å². The molecule has 0 spiro atoms. The molecular formula is C17H32BNO7P2. The highest BCUT2D eigenvalue weighted by Gasteiger charge is 2.38. The van der Waals surface area contributed by atoms with Gasteiger partial charge in [-0.3, -0.25) is 9.13 Å². The molecule has 1 rings (SSSR count). The normalized spacial score (nSPS) is 12.4. The summed E-state index contributed by atoms with van der Waals surface area (Å²) in [5.41, 5.74) is 0.825. The Morgan fingerprint density at radius 1 is 0.893 bits per heavy atom. The summed E-state index contributed by atoms with van der Waals surface area (Å²) in [6, 6.07) is 5.04. The first-order chi connectivity index (χ1) is 13.3. The number of rotatable bonds is 14. The molecule has 160 valence electrons. The summed E-state index contributed by atoms with van der Waals surface area (Å²) in [6.45, 7) is 9.67. The lowest BCUT2D eigenvalue weighted by Crippen LogP contribution is -2.33. The summed E-state index contributed by atoms with van der Waals surface area (Å²) in [6.07, 6.45) is 0.560. The quantitative estimate of drug-likeness (QED) is 0.340. The number of nitrogens with one attached hydrogen (secondary N) is 1. The standard InChI is InChI=1S/C17H32BNO7P2/c1-6-23-27(21,24-7-2)16-11-10-15(12-13-19-18(5)20)14-17(16)28(22,25-8-3)26-9-4/h10-11,14,19-20H,6-9,12-13H2,1-5H3. The van der Waals surface area contributed by atoms with Crippen molar-refractivity contribution in [2.24, 2.45) is 0 Å². The Kier molecular flexibility index (Phi) is 11.2. The average Bonchev–Trinajstić information content (AvgIpc) is 2.62. The fourth-order valence-electron chi connectivity index (χ4n) is 2.63. The maximum absolute atomic E-state index is 13.5. The molecule has 1 aromatic carbocycles. The number of benzene rings is 1. The van der Waals surface area contributed by atoms with E-state index in [1.807, 2.05) is 0 Å². The van der Waals surface area contributed by atoms with E-state index >= 15 is 0 Å². The summed E-state index contributed by atoms with van der Waals surface area (Å²) in [7, 11) is -8.07. The zero-order valence-electron chi connectivity index (χ0n) is 17.3. The lowest BCUT2D eigenvalue weighted by atomic mass is 9.89. The van der Waals surface area contributed by atoms with Gasteiger partial charge in [0.2, 0.25) is 0 Å². The number of hydrogen-bond acceptors (Lipinski definition) is 8. The van der Waals surface area contributed by atoms with Crippen molar-refractivity contribution >= 4 is 32.9 Å². The summed E-state index contributed by atoms with van der Waals surface area (Å²) >= 11 is 0. The Morgan fingerprint density at radius 3 is 1.79 bits per heavy atom. The van der Waals surface area contributed by atoms with E-state index in [1.165, 1.54) is 0 Å². The smallest absolute Gasteiger partial charge is 0.373 e. The molecule has 0 heterocycles. The molecular weight excluding hydrogens is 403 g/mol. The van der Waals surface area contributed by atoms with Gasteiger partial charge < -0.3 is 28.3 Å². The van der Waals surface area contributed by atoms with E-state index in [0.29, 0.717) is 13.0 Å². The highest BCUT2D eigenvalue weighted by molar-refractivity contribution is 7.68. The van der Waals surface area contributed by atoms with Gasteiger partial charge in [0.25, 0.3) is 0 Å². The fraction of sp³-hybridized carbons (Fsp3) is 0.647. The molecule has 0 unspecified atom stereocenters. The molecule has 8 nitrogen and oxygen atoms in total. The van der Waals surface area contributed by atoms with Crippen molar-refractivity contribution in [3.8, 4) is 0 Å². The molecule has 2 N–H and O–H groups in total. The van der Waals surface area contributed by atoms with Crippen LogP contribution < -0.4 is 15.8 Å². The van der Waals surface area contributed by atoms with Gasteiger partial charge in [0, 0.05) is 0 Å². The van der Waals surface area contributed by atoms with Gasteiger partial charge in [-0.15, -0.1) is 0 Å². The molecule has 11 heteroatoms. The molecule has 0 saturated heterocycles. The highest BCUT2D eigenvalue weighted by Crippen LogP contribution is 2.53. The third-order valence-electron chi connectivity index (χ3n) is 3.68. The van der Waals surface area contributed by atoms with Gasteiger partial charge in [0.15, 0.2) is 0 Å². The van der Waals surface area contributed by atoms with Crippen LogP contribution in [0.25, 0.3) is 0 Å². The SMILES string of the molecule is CCOP(=O)(OCC)c1ccc(CCNB(C)O)cc1P(=O)(OCC)OCC. The third-order valence-corrected chi connectivity index (χ3v) is 8.19. The topological polar surface area (TPSA) is 103 Å². The first-order valence-corrected chi connectivity index (χ1v) is 12.7. The van der Waals surface area contributed by atoms with Crippen molar-refractivity contribution in [1.29, 1.82) is 0 Å². The van der Waals surface area contributed by atoms with Crippen LogP contribution in [0.4, 0.5) is 0 Å². The molecule has 0 bridgehead atoms. The van der Waals surface area contributed by atoms with Crippen molar-refractivity contribution in [3.63, 3.8) is 0 Å². The lowest BCUT2D eigenvalue weighted by molar-refractivity contribution is 0.226. The van der Waals surface area contributed by atoms with Crippen molar-refractivity contribution in [2.75, 3.05) is 33.0 Å². The first kappa shape index (κ1) is 25.5. The molecule has 0 atom stereocenters. The molecule has 0 saturated carbocycles. The second kappa shape index (κ2) is 12.3. The minimum Gasteiger partial charge on any atom is -0.437 e. The zero-order chi connectivity index (χ0) is 21.2. The van der Waals surface area contributed by atoms with Crippen LogP contribution in [0.3, 0.4) is 0 Å². The molecule has 0 aliphatic carbocycles. The zero-order valence-corrected chi connectivity index (χ0v) is 19.1. The van der Waals surface area contributed by atoms with E-state index in [0.717, 1.165) is 5.56 Å². The monoisotopic (exact) mass is 435 g/mol. The van der Waals surface area contributed by atoms with Gasteiger partial charge in [0.1, 0.15) is 0 Å². The Hall–Kier alpha value is -0.495. The van der Waals surface area contributed by atoms with Crippen LogP contribution in [0, 0.1) is 0 Å². The summed E-state index contributed by atoms with van der Waals surface area (Å²) < 4.78 is 48.8. The van der Waals surface area contributed by atoms with Crippen LogP contribution >= 0.6 is 15.2 Å². The molecule has 0 amide bonds. The van der Waals surface area contributed by atoms with Crippen LogP contribution in [0.1, 0.15) is 33.3 Å². The van der Waals surface area contributed by atoms with Crippen LogP contribution in [-0.2, 0) is 33.6 Å². The van der Waals surface area contributed by atoms with E-state index in [9.17, 15) is 14.2 Å². The Balaban J connectivity index is 3.48. The summed E-state index contributed by atoms with van der Waals surface area (Å²) in [4.78, 5) is 0. The van der Waals surface area contributed by atoms with Gasteiger partial charge in [-0.1, -0.05) is 6.07 Å².